The summed E-state index contributed by atoms with van der Waals surface area (Å²) in [5, 5.41) is 8.52. The molecule has 0 unspecified atom stereocenters. The van der Waals surface area contributed by atoms with Gasteiger partial charge in [-0.15, -0.1) is 0 Å². The molecule has 1 aliphatic rings. The van der Waals surface area contributed by atoms with Gasteiger partial charge in [-0.2, -0.15) is 0 Å². The van der Waals surface area contributed by atoms with E-state index in [0.29, 0.717) is 0 Å². The van der Waals surface area contributed by atoms with Crippen molar-refractivity contribution in [1.29, 1.82) is 0 Å². The standard InChI is InChI=1S/C13H16O2/c14-13(15)3-1-2-10-4-6-11(7-5-10)12-8-9-12/h4-7,12H,1-3,8-9H2,(H,14,15). The number of benzene rings is 1. The third-order valence-corrected chi connectivity index (χ3v) is 2.88. The molecule has 2 heteroatoms. The summed E-state index contributed by atoms with van der Waals surface area (Å²) in [5.41, 5.74) is 2.69. The molecule has 0 atom stereocenters. The summed E-state index contributed by atoms with van der Waals surface area (Å²) in [5.74, 6) is 0.0997. The van der Waals surface area contributed by atoms with Crippen LogP contribution in [0, 0.1) is 0 Å². The largest absolute Gasteiger partial charge is 0.481 e. The lowest BCUT2D eigenvalue weighted by atomic mass is 10.0. The first-order valence-electron chi connectivity index (χ1n) is 5.56. The van der Waals surface area contributed by atoms with Gasteiger partial charge in [0.05, 0.1) is 0 Å². The molecule has 0 radical (unpaired) electrons. The van der Waals surface area contributed by atoms with E-state index in [4.69, 9.17) is 5.11 Å². The molecule has 0 bridgehead atoms. The van der Waals surface area contributed by atoms with Crippen LogP contribution in [0.15, 0.2) is 24.3 Å². The highest BCUT2D eigenvalue weighted by atomic mass is 16.4. The van der Waals surface area contributed by atoms with Gasteiger partial charge in [-0.3, -0.25) is 4.79 Å². The van der Waals surface area contributed by atoms with Crippen LogP contribution in [0.2, 0.25) is 0 Å². The first-order chi connectivity index (χ1) is 7.25. The smallest absolute Gasteiger partial charge is 0.303 e. The average molecular weight is 204 g/mol. The highest BCUT2D eigenvalue weighted by Crippen LogP contribution is 2.39. The second-order valence-corrected chi connectivity index (χ2v) is 4.26. The second kappa shape index (κ2) is 4.47. The van der Waals surface area contributed by atoms with E-state index in [1.807, 2.05) is 0 Å². The molecular formula is C13H16O2. The van der Waals surface area contributed by atoms with Gasteiger partial charge in [-0.25, -0.2) is 0 Å². The van der Waals surface area contributed by atoms with E-state index in [9.17, 15) is 4.79 Å². The lowest BCUT2D eigenvalue weighted by molar-refractivity contribution is -0.137. The van der Waals surface area contributed by atoms with Crippen molar-refractivity contribution in [3.05, 3.63) is 35.4 Å². The van der Waals surface area contributed by atoms with Gasteiger partial charge in [0.15, 0.2) is 0 Å². The topological polar surface area (TPSA) is 37.3 Å². The van der Waals surface area contributed by atoms with E-state index in [1.54, 1.807) is 0 Å². The van der Waals surface area contributed by atoms with E-state index in [2.05, 4.69) is 24.3 Å². The second-order valence-electron chi connectivity index (χ2n) is 4.26. The first-order valence-corrected chi connectivity index (χ1v) is 5.56. The summed E-state index contributed by atoms with van der Waals surface area (Å²) in [7, 11) is 0. The van der Waals surface area contributed by atoms with Crippen LogP contribution in [0.4, 0.5) is 0 Å². The van der Waals surface area contributed by atoms with E-state index in [-0.39, 0.29) is 6.42 Å². The van der Waals surface area contributed by atoms with E-state index in [1.165, 1.54) is 24.0 Å². The summed E-state index contributed by atoms with van der Waals surface area (Å²) in [4.78, 5) is 10.3. The lowest BCUT2D eigenvalue weighted by Crippen LogP contribution is -1.95. The normalized spacial score (nSPS) is 15.2. The van der Waals surface area contributed by atoms with Crippen LogP contribution in [0.25, 0.3) is 0 Å². The lowest BCUT2D eigenvalue weighted by Gasteiger charge is -2.02. The van der Waals surface area contributed by atoms with Gasteiger partial charge in [0.2, 0.25) is 0 Å². The van der Waals surface area contributed by atoms with Crippen molar-refractivity contribution in [2.24, 2.45) is 0 Å². The van der Waals surface area contributed by atoms with Gasteiger partial charge >= 0.3 is 5.97 Å². The van der Waals surface area contributed by atoms with Crippen LogP contribution in [0.3, 0.4) is 0 Å². The highest BCUT2D eigenvalue weighted by molar-refractivity contribution is 5.66. The molecule has 0 amide bonds. The maximum atomic E-state index is 10.3. The Morgan fingerprint density at radius 1 is 1.27 bits per heavy atom. The summed E-state index contributed by atoms with van der Waals surface area (Å²) in [6.45, 7) is 0. The Hall–Kier alpha value is -1.31. The minimum Gasteiger partial charge on any atom is -0.481 e. The molecule has 1 saturated carbocycles. The summed E-state index contributed by atoms with van der Waals surface area (Å²) in [6.07, 6.45) is 4.54. The first kappa shape index (κ1) is 10.2. The van der Waals surface area contributed by atoms with Crippen molar-refractivity contribution in [1.82, 2.24) is 0 Å². The third-order valence-electron chi connectivity index (χ3n) is 2.88. The zero-order chi connectivity index (χ0) is 10.7. The minimum absolute atomic E-state index is 0.268. The molecule has 0 spiro atoms. The molecule has 1 aromatic carbocycles. The van der Waals surface area contributed by atoms with Crippen LogP contribution in [0.1, 0.15) is 42.7 Å². The Kier molecular flexibility index (Phi) is 3.05. The zero-order valence-corrected chi connectivity index (χ0v) is 8.78. The molecule has 0 aromatic heterocycles. The average Bonchev–Trinajstić information content (AvgIpc) is 3.02. The Morgan fingerprint density at radius 2 is 1.93 bits per heavy atom. The molecule has 1 aromatic rings. The molecule has 15 heavy (non-hydrogen) atoms. The van der Waals surface area contributed by atoms with Gasteiger partial charge in [-0.1, -0.05) is 24.3 Å². The highest BCUT2D eigenvalue weighted by Gasteiger charge is 2.22. The van der Waals surface area contributed by atoms with Gasteiger partial charge < -0.3 is 5.11 Å². The number of carbonyl (C=O) groups is 1. The quantitative estimate of drug-likeness (QED) is 0.800. The molecule has 2 rings (SSSR count). The van der Waals surface area contributed by atoms with Crippen molar-refractivity contribution >= 4 is 5.97 Å². The van der Waals surface area contributed by atoms with Crippen molar-refractivity contribution in [2.45, 2.75) is 38.0 Å². The Morgan fingerprint density at radius 3 is 2.47 bits per heavy atom. The summed E-state index contributed by atoms with van der Waals surface area (Å²) in [6, 6.07) is 8.65. The summed E-state index contributed by atoms with van der Waals surface area (Å²) >= 11 is 0. The van der Waals surface area contributed by atoms with Gasteiger partial charge in [0, 0.05) is 6.42 Å². The maximum Gasteiger partial charge on any atom is 0.303 e. The van der Waals surface area contributed by atoms with Crippen LogP contribution in [0.5, 0.6) is 0 Å². The van der Waals surface area contributed by atoms with Gasteiger partial charge in [0.25, 0.3) is 0 Å². The molecule has 0 saturated heterocycles. The minimum atomic E-state index is -0.704. The number of rotatable bonds is 5. The Labute approximate surface area is 89.9 Å². The SMILES string of the molecule is O=C(O)CCCc1ccc(C2CC2)cc1. The predicted molar refractivity (Wildman–Crippen MR) is 59.0 cm³/mol. The van der Waals surface area contributed by atoms with Crippen molar-refractivity contribution in [2.75, 3.05) is 0 Å². The fraction of sp³-hybridized carbons (Fsp3) is 0.462. The number of hydrogen-bond acceptors (Lipinski definition) is 1. The molecule has 1 aliphatic carbocycles. The van der Waals surface area contributed by atoms with E-state index >= 15 is 0 Å². The monoisotopic (exact) mass is 204 g/mol. The van der Waals surface area contributed by atoms with E-state index in [0.717, 1.165) is 18.8 Å². The molecule has 2 nitrogen and oxygen atoms in total. The van der Waals surface area contributed by atoms with Gasteiger partial charge in [0.1, 0.15) is 0 Å². The van der Waals surface area contributed by atoms with Crippen LogP contribution in [-0.4, -0.2) is 11.1 Å². The van der Waals surface area contributed by atoms with Crippen LogP contribution in [-0.2, 0) is 11.2 Å². The number of hydrogen-bond donors (Lipinski definition) is 1. The Bertz CT molecular complexity index is 336. The number of aliphatic carboxylic acids is 1. The molecule has 1 N–H and O–H groups in total. The molecule has 80 valence electrons. The fourth-order valence-corrected chi connectivity index (χ4v) is 1.82. The summed E-state index contributed by atoms with van der Waals surface area (Å²) < 4.78 is 0. The number of carboxylic acids is 1. The van der Waals surface area contributed by atoms with Crippen molar-refractivity contribution in [3.8, 4) is 0 Å². The Balaban J connectivity index is 1.83. The van der Waals surface area contributed by atoms with Gasteiger partial charge in [-0.05, 0) is 42.7 Å². The maximum absolute atomic E-state index is 10.3. The fourth-order valence-electron chi connectivity index (χ4n) is 1.82. The van der Waals surface area contributed by atoms with Crippen LogP contribution >= 0.6 is 0 Å². The number of carboxylic acid groups (broad SMARTS) is 1. The molecule has 0 heterocycles. The van der Waals surface area contributed by atoms with Crippen molar-refractivity contribution < 1.29 is 9.90 Å². The van der Waals surface area contributed by atoms with Crippen molar-refractivity contribution in [3.63, 3.8) is 0 Å². The molecular weight excluding hydrogens is 188 g/mol. The third kappa shape index (κ3) is 3.08. The molecule has 0 aliphatic heterocycles. The zero-order valence-electron chi connectivity index (χ0n) is 8.78. The van der Waals surface area contributed by atoms with Crippen LogP contribution < -0.4 is 0 Å². The molecule has 1 fully saturated rings. The van der Waals surface area contributed by atoms with E-state index < -0.39 is 5.97 Å². The predicted octanol–water partition coefficient (Wildman–Crippen LogP) is 2.97. The number of aryl methyl sites for hydroxylation is 1.